The number of imidazole rings is 1. The van der Waals surface area contributed by atoms with Crippen molar-refractivity contribution in [2.75, 3.05) is 38.0 Å². The molecule has 0 amide bonds. The van der Waals surface area contributed by atoms with E-state index >= 15 is 0 Å². The van der Waals surface area contributed by atoms with E-state index in [0.29, 0.717) is 22.8 Å². The first-order valence-electron chi connectivity index (χ1n) is 11.1. The number of nitrogens with zero attached hydrogens (tertiary/aromatic N) is 8. The maximum absolute atomic E-state index is 13.5. The topological polar surface area (TPSA) is 113 Å². The van der Waals surface area contributed by atoms with Gasteiger partial charge in [-0.1, -0.05) is 0 Å². The molecule has 0 atom stereocenters. The Balaban J connectivity index is 1.94. The van der Waals surface area contributed by atoms with Crippen LogP contribution in [0.4, 0.5) is 24.5 Å². The standard InChI is InChI=1S/C24H25F3N8O2/c1-23(2,16-8-13(33(3)4)7-15(31-16)22(36)37)17-9-14(34(5)6)10-18(32-17)35-12-30-19-20(24(25,26)27)28-11-29-21(19)35/h7-12H,1-6H3,(H,36,37). The maximum atomic E-state index is 13.5. The Morgan fingerprint density at radius 2 is 1.49 bits per heavy atom. The van der Waals surface area contributed by atoms with Gasteiger partial charge in [0, 0.05) is 51.0 Å². The molecule has 0 bridgehead atoms. The first kappa shape index (κ1) is 25.8. The third kappa shape index (κ3) is 4.76. The lowest BCUT2D eigenvalue weighted by Gasteiger charge is -2.27. The number of aromatic nitrogens is 6. The van der Waals surface area contributed by atoms with Crippen LogP contribution in [-0.4, -0.2) is 68.8 Å². The molecule has 0 saturated heterocycles. The van der Waals surface area contributed by atoms with Crippen molar-refractivity contribution in [1.29, 1.82) is 0 Å². The lowest BCUT2D eigenvalue weighted by Crippen LogP contribution is -2.26. The number of anilines is 2. The van der Waals surface area contributed by atoms with Gasteiger partial charge in [0.1, 0.15) is 24.0 Å². The number of fused-ring (bicyclic) bond motifs is 1. The second-order valence-electron chi connectivity index (χ2n) is 9.39. The summed E-state index contributed by atoms with van der Waals surface area (Å²) in [4.78, 5) is 35.8. The Morgan fingerprint density at radius 1 is 0.892 bits per heavy atom. The quantitative estimate of drug-likeness (QED) is 0.411. The van der Waals surface area contributed by atoms with Crippen LogP contribution in [0.2, 0.25) is 0 Å². The van der Waals surface area contributed by atoms with Crippen LogP contribution in [-0.2, 0) is 11.6 Å². The van der Waals surface area contributed by atoms with Crippen molar-refractivity contribution >= 4 is 28.5 Å². The Morgan fingerprint density at radius 3 is 2.05 bits per heavy atom. The molecule has 4 aromatic heterocycles. The molecule has 4 rings (SSSR count). The van der Waals surface area contributed by atoms with E-state index in [4.69, 9.17) is 4.98 Å². The van der Waals surface area contributed by atoms with Gasteiger partial charge in [-0.05, 0) is 32.0 Å². The SMILES string of the molecule is CN(C)c1cc(C(=O)O)nc(C(C)(C)c2cc(N(C)C)cc(-n3cnc4c(C(F)(F)F)ncnc43)n2)c1. The predicted octanol–water partition coefficient (Wildman–Crippen LogP) is 3.78. The van der Waals surface area contributed by atoms with Crippen molar-refractivity contribution in [3.8, 4) is 5.82 Å². The Labute approximate surface area is 210 Å². The summed E-state index contributed by atoms with van der Waals surface area (Å²) in [5, 5.41) is 9.61. The molecule has 0 fully saturated rings. The van der Waals surface area contributed by atoms with Crippen LogP contribution in [0.1, 0.15) is 41.4 Å². The van der Waals surface area contributed by atoms with Crippen LogP contribution in [0.25, 0.3) is 17.0 Å². The maximum Gasteiger partial charge on any atom is 0.435 e. The summed E-state index contributed by atoms with van der Waals surface area (Å²) in [7, 11) is 7.22. The highest BCUT2D eigenvalue weighted by Gasteiger charge is 2.36. The molecule has 194 valence electrons. The molecule has 4 heterocycles. The van der Waals surface area contributed by atoms with E-state index < -0.39 is 23.3 Å². The van der Waals surface area contributed by atoms with Crippen molar-refractivity contribution in [2.24, 2.45) is 0 Å². The fraction of sp³-hybridized carbons (Fsp3) is 0.333. The molecule has 0 radical (unpaired) electrons. The minimum Gasteiger partial charge on any atom is -0.477 e. The molecule has 0 aliphatic heterocycles. The second kappa shape index (κ2) is 8.98. The molecule has 37 heavy (non-hydrogen) atoms. The summed E-state index contributed by atoms with van der Waals surface area (Å²) >= 11 is 0. The molecule has 0 spiro atoms. The molecular formula is C24H25F3N8O2. The van der Waals surface area contributed by atoms with Crippen LogP contribution in [0.15, 0.2) is 36.9 Å². The summed E-state index contributed by atoms with van der Waals surface area (Å²) in [6.07, 6.45) is -2.63. The van der Waals surface area contributed by atoms with Crippen molar-refractivity contribution in [3.63, 3.8) is 0 Å². The van der Waals surface area contributed by atoms with Gasteiger partial charge in [-0.3, -0.25) is 4.57 Å². The van der Waals surface area contributed by atoms with Crippen LogP contribution >= 0.6 is 0 Å². The number of carboxylic acid groups (broad SMARTS) is 1. The smallest absolute Gasteiger partial charge is 0.435 e. The van der Waals surface area contributed by atoms with E-state index in [2.05, 4.69) is 19.9 Å². The van der Waals surface area contributed by atoms with Crippen molar-refractivity contribution in [3.05, 3.63) is 59.7 Å². The summed E-state index contributed by atoms with van der Waals surface area (Å²) < 4.78 is 41.8. The summed E-state index contributed by atoms with van der Waals surface area (Å²) in [6, 6.07) is 6.78. The van der Waals surface area contributed by atoms with E-state index in [-0.39, 0.29) is 22.7 Å². The van der Waals surface area contributed by atoms with E-state index in [0.717, 1.165) is 6.33 Å². The molecule has 1 N–H and O–H groups in total. The van der Waals surface area contributed by atoms with E-state index in [1.165, 1.54) is 17.0 Å². The lowest BCUT2D eigenvalue weighted by molar-refractivity contribution is -0.140. The number of alkyl halides is 3. The number of halogens is 3. The minimum absolute atomic E-state index is 0.0459. The van der Waals surface area contributed by atoms with Crippen molar-refractivity contribution < 1.29 is 23.1 Å². The zero-order chi connectivity index (χ0) is 27.3. The minimum atomic E-state index is -4.70. The highest BCUT2D eigenvalue weighted by atomic mass is 19.4. The highest BCUT2D eigenvalue weighted by Crippen LogP contribution is 2.35. The van der Waals surface area contributed by atoms with Gasteiger partial charge in [0.05, 0.1) is 11.4 Å². The molecule has 0 aromatic carbocycles. The van der Waals surface area contributed by atoms with Gasteiger partial charge < -0.3 is 14.9 Å². The van der Waals surface area contributed by atoms with Gasteiger partial charge in [-0.25, -0.2) is 29.7 Å². The molecule has 0 aliphatic rings. The summed E-state index contributed by atoms with van der Waals surface area (Å²) in [5.41, 5.74) is -0.238. The highest BCUT2D eigenvalue weighted by molar-refractivity contribution is 5.86. The largest absolute Gasteiger partial charge is 0.477 e. The van der Waals surface area contributed by atoms with Gasteiger partial charge in [-0.15, -0.1) is 0 Å². The van der Waals surface area contributed by atoms with E-state index in [1.807, 2.05) is 38.9 Å². The zero-order valence-corrected chi connectivity index (χ0v) is 21.0. The van der Waals surface area contributed by atoms with E-state index in [1.54, 1.807) is 31.1 Å². The number of pyridine rings is 2. The average molecular weight is 515 g/mol. The van der Waals surface area contributed by atoms with Gasteiger partial charge >= 0.3 is 12.1 Å². The third-order valence-electron chi connectivity index (χ3n) is 5.99. The molecule has 0 unspecified atom stereocenters. The van der Waals surface area contributed by atoms with Crippen molar-refractivity contribution in [2.45, 2.75) is 25.4 Å². The number of carbonyl (C=O) groups is 1. The summed E-state index contributed by atoms with van der Waals surface area (Å²) in [6.45, 7) is 3.70. The molecule has 0 saturated carbocycles. The van der Waals surface area contributed by atoms with Gasteiger partial charge in [-0.2, -0.15) is 13.2 Å². The average Bonchev–Trinajstić information content (AvgIpc) is 3.27. The normalized spacial score (nSPS) is 12.1. The molecule has 13 heteroatoms. The van der Waals surface area contributed by atoms with Crippen LogP contribution in [0, 0.1) is 0 Å². The Kier molecular flexibility index (Phi) is 6.26. The zero-order valence-electron chi connectivity index (χ0n) is 21.0. The third-order valence-corrected chi connectivity index (χ3v) is 5.99. The summed E-state index contributed by atoms with van der Waals surface area (Å²) in [5.74, 6) is -0.882. The molecule has 4 aromatic rings. The number of hydrogen-bond donors (Lipinski definition) is 1. The van der Waals surface area contributed by atoms with Crippen LogP contribution in [0.3, 0.4) is 0 Å². The van der Waals surface area contributed by atoms with Gasteiger partial charge in [0.15, 0.2) is 17.0 Å². The van der Waals surface area contributed by atoms with E-state index in [9.17, 15) is 23.1 Å². The van der Waals surface area contributed by atoms with Crippen molar-refractivity contribution in [1.82, 2.24) is 29.5 Å². The lowest BCUT2D eigenvalue weighted by atomic mass is 9.84. The van der Waals surface area contributed by atoms with Gasteiger partial charge in [0.25, 0.3) is 0 Å². The van der Waals surface area contributed by atoms with Gasteiger partial charge in [0.2, 0.25) is 0 Å². The fourth-order valence-corrected chi connectivity index (χ4v) is 3.75. The first-order valence-corrected chi connectivity index (χ1v) is 11.1. The fourth-order valence-electron chi connectivity index (χ4n) is 3.75. The number of hydrogen-bond acceptors (Lipinski definition) is 8. The number of aromatic carboxylic acids is 1. The number of rotatable bonds is 6. The monoisotopic (exact) mass is 514 g/mol. The Hall–Kier alpha value is -4.29. The predicted molar refractivity (Wildman–Crippen MR) is 131 cm³/mol. The Bertz CT molecular complexity index is 1500. The van der Waals surface area contributed by atoms with Crippen LogP contribution in [0.5, 0.6) is 0 Å². The second-order valence-corrected chi connectivity index (χ2v) is 9.39. The first-order chi connectivity index (χ1) is 17.2. The van der Waals surface area contributed by atoms with Crippen LogP contribution < -0.4 is 9.80 Å². The molecular weight excluding hydrogens is 489 g/mol. The molecule has 0 aliphatic carbocycles. The molecule has 10 nitrogen and oxygen atoms in total. The number of carboxylic acids is 1.